The first-order valence-electron chi connectivity index (χ1n) is 24.1. The average molecular weight is 926 g/mol. The number of aryl methyl sites for hydroxylation is 2. The monoisotopic (exact) mass is 925 g/mol. The maximum Gasteiger partial charge on any atom is 0.164 e. The van der Waals surface area contributed by atoms with Gasteiger partial charge in [-0.15, -0.1) is 0 Å². The molecule has 12 rings (SSSR count). The third kappa shape index (κ3) is 8.83. The van der Waals surface area contributed by atoms with Crippen LogP contribution in [0.15, 0.2) is 249 Å². The van der Waals surface area contributed by atoms with Gasteiger partial charge >= 0.3 is 0 Å². The Morgan fingerprint density at radius 1 is 0.292 bits per heavy atom. The highest BCUT2D eigenvalue weighted by molar-refractivity contribution is 5.86. The second-order valence-corrected chi connectivity index (χ2v) is 17.9. The second kappa shape index (κ2) is 19.1. The number of rotatable bonds is 11. The van der Waals surface area contributed by atoms with Gasteiger partial charge in [0, 0.05) is 62.5 Å². The van der Waals surface area contributed by atoms with Crippen molar-refractivity contribution >= 4 is 22.7 Å². The van der Waals surface area contributed by atoms with Crippen molar-refractivity contribution in [3.63, 3.8) is 0 Å². The third-order valence-corrected chi connectivity index (χ3v) is 13.0. The molecule has 342 valence electrons. The zero-order chi connectivity index (χ0) is 48.4. The fourth-order valence-electron chi connectivity index (χ4n) is 9.51. The summed E-state index contributed by atoms with van der Waals surface area (Å²) in [6.45, 7) is 4.09. The number of benzene rings is 8. The molecule has 0 bridgehead atoms. The standard InChI is InChI=1S/C65H47N7/c1-44-41-59(42-45(2)66-44)72(58-22-14-21-56(43-58)61-62(52-19-10-5-11-20-52)71-40-13-12-23-60(71)67-61)57-38-36-51(37-39-57)50-28-34-55(35-29-50)65-69-63(53-30-24-48(25-31-53)46-15-6-3-7-16-46)68-64(70-65)54-32-26-49(27-33-54)47-17-8-4-9-18-47/h3-43H,1-2H3. The van der Waals surface area contributed by atoms with Crippen LogP contribution in [-0.2, 0) is 0 Å². The van der Waals surface area contributed by atoms with E-state index in [4.69, 9.17) is 24.9 Å². The first-order valence-corrected chi connectivity index (χ1v) is 24.1. The lowest BCUT2D eigenvalue weighted by Crippen LogP contribution is -2.11. The molecule has 4 heterocycles. The van der Waals surface area contributed by atoms with Crippen molar-refractivity contribution in [1.29, 1.82) is 0 Å². The molecule has 0 N–H and O–H groups in total. The number of imidazole rings is 1. The van der Waals surface area contributed by atoms with Crippen molar-refractivity contribution in [2.45, 2.75) is 13.8 Å². The van der Waals surface area contributed by atoms with Gasteiger partial charge in [0.05, 0.1) is 11.4 Å². The van der Waals surface area contributed by atoms with E-state index >= 15 is 0 Å². The summed E-state index contributed by atoms with van der Waals surface area (Å²) in [6.07, 6.45) is 2.08. The molecular weight excluding hydrogens is 879 g/mol. The summed E-state index contributed by atoms with van der Waals surface area (Å²) in [5.41, 5.74) is 19.5. The number of hydrogen-bond donors (Lipinski definition) is 0. The fourth-order valence-corrected chi connectivity index (χ4v) is 9.51. The van der Waals surface area contributed by atoms with Gasteiger partial charge in [0.2, 0.25) is 0 Å². The van der Waals surface area contributed by atoms with Gasteiger partial charge < -0.3 is 4.90 Å². The molecule has 12 aromatic rings. The minimum Gasteiger partial charge on any atom is -0.310 e. The fraction of sp³-hybridized carbons (Fsp3) is 0.0308. The molecule has 0 aliphatic rings. The zero-order valence-electron chi connectivity index (χ0n) is 39.8. The maximum absolute atomic E-state index is 5.19. The Kier molecular flexibility index (Phi) is 11.6. The van der Waals surface area contributed by atoms with Crippen molar-refractivity contribution in [3.05, 3.63) is 260 Å². The smallest absolute Gasteiger partial charge is 0.164 e. The van der Waals surface area contributed by atoms with Gasteiger partial charge in [-0.1, -0.05) is 194 Å². The number of pyridine rings is 2. The molecule has 0 aliphatic carbocycles. The molecule has 7 nitrogen and oxygen atoms in total. The van der Waals surface area contributed by atoms with Crippen molar-refractivity contribution < 1.29 is 0 Å². The SMILES string of the molecule is Cc1cc(N(c2ccc(-c3ccc(-c4nc(-c5ccc(-c6ccccc6)cc5)nc(-c5ccc(-c6ccccc6)cc5)n4)cc3)cc2)c2cccc(-c3nc4ccccn4c3-c3ccccc3)c2)cc(C)n1. The number of aromatic nitrogens is 6. The van der Waals surface area contributed by atoms with Gasteiger partial charge in [-0.2, -0.15) is 0 Å². The maximum atomic E-state index is 5.19. The normalized spacial score (nSPS) is 11.2. The highest BCUT2D eigenvalue weighted by atomic mass is 15.1. The molecule has 72 heavy (non-hydrogen) atoms. The van der Waals surface area contributed by atoms with Crippen molar-refractivity contribution in [2.75, 3.05) is 4.90 Å². The molecule has 0 fully saturated rings. The topological polar surface area (TPSA) is 72.1 Å². The first-order chi connectivity index (χ1) is 35.5. The Labute approximate surface area is 419 Å². The molecule has 8 aromatic carbocycles. The Morgan fingerprint density at radius 2 is 0.694 bits per heavy atom. The van der Waals surface area contributed by atoms with Gasteiger partial charge in [0.1, 0.15) is 5.65 Å². The lowest BCUT2D eigenvalue weighted by atomic mass is 10.0. The lowest BCUT2D eigenvalue weighted by molar-refractivity contribution is 1.07. The van der Waals surface area contributed by atoms with Crippen molar-refractivity contribution in [2.24, 2.45) is 0 Å². The zero-order valence-corrected chi connectivity index (χ0v) is 39.8. The summed E-state index contributed by atoms with van der Waals surface area (Å²) in [6, 6.07) is 84.5. The van der Waals surface area contributed by atoms with E-state index in [1.807, 2.05) is 38.1 Å². The molecule has 4 aromatic heterocycles. The van der Waals surface area contributed by atoms with E-state index in [9.17, 15) is 0 Å². The Bertz CT molecular complexity index is 3710. The molecule has 0 radical (unpaired) electrons. The number of nitrogens with zero attached hydrogens (tertiary/aromatic N) is 7. The van der Waals surface area contributed by atoms with E-state index < -0.39 is 0 Å². The van der Waals surface area contributed by atoms with Crippen LogP contribution in [0.2, 0.25) is 0 Å². The van der Waals surface area contributed by atoms with Gasteiger partial charge in [0.25, 0.3) is 0 Å². The predicted octanol–water partition coefficient (Wildman–Crippen LogP) is 16.3. The number of anilines is 3. The van der Waals surface area contributed by atoms with Crippen LogP contribution < -0.4 is 4.90 Å². The van der Waals surface area contributed by atoms with Gasteiger partial charge in [-0.25, -0.2) is 19.9 Å². The van der Waals surface area contributed by atoms with E-state index in [0.29, 0.717) is 17.5 Å². The molecule has 0 saturated heterocycles. The van der Waals surface area contributed by atoms with Crippen LogP contribution in [0.5, 0.6) is 0 Å². The van der Waals surface area contributed by atoms with Crippen LogP contribution in [0.4, 0.5) is 17.1 Å². The minimum absolute atomic E-state index is 0.608. The average Bonchev–Trinajstić information content (AvgIpc) is 3.84. The summed E-state index contributed by atoms with van der Waals surface area (Å²) in [7, 11) is 0. The number of hydrogen-bond acceptors (Lipinski definition) is 6. The molecule has 0 amide bonds. The van der Waals surface area contributed by atoms with Gasteiger partial charge in [-0.3, -0.25) is 9.38 Å². The number of fused-ring (bicyclic) bond motifs is 1. The van der Waals surface area contributed by atoms with Crippen LogP contribution in [0.1, 0.15) is 11.4 Å². The summed E-state index contributed by atoms with van der Waals surface area (Å²) in [4.78, 5) is 27.5. The van der Waals surface area contributed by atoms with E-state index in [2.05, 4.69) is 234 Å². The van der Waals surface area contributed by atoms with Crippen molar-refractivity contribution in [1.82, 2.24) is 29.3 Å². The Morgan fingerprint density at radius 3 is 1.18 bits per heavy atom. The Balaban J connectivity index is 0.879. The molecule has 7 heteroatoms. The first kappa shape index (κ1) is 43.7. The third-order valence-electron chi connectivity index (χ3n) is 13.0. The van der Waals surface area contributed by atoms with Crippen LogP contribution in [0.25, 0.3) is 95.7 Å². The van der Waals surface area contributed by atoms with E-state index in [1.54, 1.807) is 0 Å². The largest absolute Gasteiger partial charge is 0.310 e. The predicted molar refractivity (Wildman–Crippen MR) is 294 cm³/mol. The Hall–Kier alpha value is -9.59. The van der Waals surface area contributed by atoms with Crippen LogP contribution in [0, 0.1) is 13.8 Å². The van der Waals surface area contributed by atoms with E-state index in [1.165, 1.54) is 0 Å². The molecular formula is C65H47N7. The highest BCUT2D eigenvalue weighted by Gasteiger charge is 2.20. The van der Waals surface area contributed by atoms with E-state index in [-0.39, 0.29) is 0 Å². The van der Waals surface area contributed by atoms with E-state index in [0.717, 1.165) is 107 Å². The molecule has 0 unspecified atom stereocenters. The van der Waals surface area contributed by atoms with Crippen LogP contribution >= 0.6 is 0 Å². The quantitative estimate of drug-likeness (QED) is 0.129. The summed E-state index contributed by atoms with van der Waals surface area (Å²) in [5, 5.41) is 0. The lowest BCUT2D eigenvalue weighted by Gasteiger charge is -2.26. The van der Waals surface area contributed by atoms with Crippen LogP contribution in [0.3, 0.4) is 0 Å². The van der Waals surface area contributed by atoms with Gasteiger partial charge in [-0.05, 0) is 95.8 Å². The summed E-state index contributed by atoms with van der Waals surface area (Å²) in [5.74, 6) is 1.84. The summed E-state index contributed by atoms with van der Waals surface area (Å²) >= 11 is 0. The molecule has 0 atom stereocenters. The minimum atomic E-state index is 0.608. The second-order valence-electron chi connectivity index (χ2n) is 17.9. The van der Waals surface area contributed by atoms with Crippen LogP contribution in [-0.4, -0.2) is 29.3 Å². The van der Waals surface area contributed by atoms with Gasteiger partial charge in [0.15, 0.2) is 17.5 Å². The highest BCUT2D eigenvalue weighted by Crippen LogP contribution is 2.40. The molecule has 0 spiro atoms. The molecule has 0 aliphatic heterocycles. The van der Waals surface area contributed by atoms with Crippen molar-refractivity contribution in [3.8, 4) is 90.1 Å². The molecule has 0 saturated carbocycles. The summed E-state index contributed by atoms with van der Waals surface area (Å²) < 4.78 is 2.17.